The zero-order chi connectivity index (χ0) is 23.0. The molecule has 5 nitrogen and oxygen atoms in total. The molecule has 0 aromatic heterocycles. The highest BCUT2D eigenvalue weighted by Gasteiger charge is 2.26. The molecule has 2 aromatic rings. The minimum atomic E-state index is -0.608. The zero-order valence-electron chi connectivity index (χ0n) is 19.1. The van der Waals surface area contributed by atoms with Gasteiger partial charge in [0.25, 0.3) is 5.91 Å². The first-order valence-electron chi connectivity index (χ1n) is 10.7. The molecule has 2 rings (SSSR count). The van der Waals surface area contributed by atoms with Gasteiger partial charge in [-0.15, -0.1) is 0 Å². The van der Waals surface area contributed by atoms with E-state index in [-0.39, 0.29) is 18.4 Å². The maximum absolute atomic E-state index is 13.1. The normalized spacial score (nSPS) is 11.7. The summed E-state index contributed by atoms with van der Waals surface area (Å²) < 4.78 is 5.77. The van der Waals surface area contributed by atoms with Crippen molar-refractivity contribution in [1.29, 1.82) is 0 Å². The molecule has 0 radical (unpaired) electrons. The van der Waals surface area contributed by atoms with Crippen LogP contribution in [0.1, 0.15) is 48.9 Å². The van der Waals surface area contributed by atoms with Crippen LogP contribution in [0.4, 0.5) is 0 Å². The standard InChI is InChI=1S/C25H33ClN2O3/c1-6-7-12-27-25(30)20(5)28(15-21-10-8-17(2)9-11-21)23(29)16-31-22-13-18(3)24(26)19(4)14-22/h8-11,13-14,20H,6-7,12,15-16H2,1-5H3,(H,27,30). The molecule has 6 heteroatoms. The molecule has 0 saturated carbocycles. The van der Waals surface area contributed by atoms with Gasteiger partial charge in [-0.25, -0.2) is 0 Å². The molecule has 1 atom stereocenters. The summed E-state index contributed by atoms with van der Waals surface area (Å²) in [6, 6.07) is 11.0. The number of carbonyl (C=O) groups is 2. The van der Waals surface area contributed by atoms with Crippen molar-refractivity contribution in [2.75, 3.05) is 13.2 Å². The second-order valence-corrected chi connectivity index (χ2v) is 8.37. The SMILES string of the molecule is CCCCNC(=O)C(C)N(Cc1ccc(C)cc1)C(=O)COc1cc(C)c(Cl)c(C)c1. The number of hydrogen-bond donors (Lipinski definition) is 1. The van der Waals surface area contributed by atoms with Gasteiger partial charge in [-0.2, -0.15) is 0 Å². The summed E-state index contributed by atoms with van der Waals surface area (Å²) in [5, 5.41) is 3.61. The number of hydrogen-bond acceptors (Lipinski definition) is 3. The van der Waals surface area contributed by atoms with Gasteiger partial charge in [0.1, 0.15) is 11.8 Å². The third-order valence-corrected chi connectivity index (χ3v) is 5.84. The third kappa shape index (κ3) is 7.28. The Morgan fingerprint density at radius 2 is 1.71 bits per heavy atom. The fourth-order valence-corrected chi connectivity index (χ4v) is 3.34. The Bertz CT molecular complexity index is 873. The first kappa shape index (κ1) is 24.7. The van der Waals surface area contributed by atoms with Crippen molar-refractivity contribution in [1.82, 2.24) is 10.2 Å². The number of benzene rings is 2. The van der Waals surface area contributed by atoms with Gasteiger partial charge in [0.15, 0.2) is 6.61 Å². The third-order valence-electron chi connectivity index (χ3n) is 5.24. The van der Waals surface area contributed by atoms with Gasteiger partial charge >= 0.3 is 0 Å². The van der Waals surface area contributed by atoms with Crippen LogP contribution in [0.2, 0.25) is 5.02 Å². The molecule has 2 amide bonds. The molecule has 0 aliphatic carbocycles. The van der Waals surface area contributed by atoms with Crippen LogP contribution < -0.4 is 10.1 Å². The van der Waals surface area contributed by atoms with Crippen LogP contribution in [-0.2, 0) is 16.1 Å². The van der Waals surface area contributed by atoms with Crippen molar-refractivity contribution < 1.29 is 14.3 Å². The fraction of sp³-hybridized carbons (Fsp3) is 0.440. The predicted molar refractivity (Wildman–Crippen MR) is 126 cm³/mol. The Balaban J connectivity index is 2.14. The van der Waals surface area contributed by atoms with E-state index in [0.29, 0.717) is 23.9 Å². The highest BCUT2D eigenvalue weighted by atomic mass is 35.5. The number of unbranched alkanes of at least 4 members (excludes halogenated alkanes) is 1. The Morgan fingerprint density at radius 3 is 2.29 bits per heavy atom. The van der Waals surface area contributed by atoms with E-state index in [9.17, 15) is 9.59 Å². The van der Waals surface area contributed by atoms with Crippen LogP contribution in [0.15, 0.2) is 36.4 Å². The molecule has 1 N–H and O–H groups in total. The first-order valence-corrected chi connectivity index (χ1v) is 11.1. The molecule has 0 bridgehead atoms. The first-order chi connectivity index (χ1) is 14.7. The fourth-order valence-electron chi connectivity index (χ4n) is 3.23. The van der Waals surface area contributed by atoms with Gasteiger partial charge in [-0.1, -0.05) is 54.8 Å². The van der Waals surface area contributed by atoms with Crippen LogP contribution in [0.3, 0.4) is 0 Å². The van der Waals surface area contributed by atoms with Gasteiger partial charge in [-0.3, -0.25) is 9.59 Å². The molecule has 0 aliphatic rings. The topological polar surface area (TPSA) is 58.6 Å². The summed E-state index contributed by atoms with van der Waals surface area (Å²) in [7, 11) is 0. The maximum atomic E-state index is 13.1. The molecular formula is C25H33ClN2O3. The highest BCUT2D eigenvalue weighted by molar-refractivity contribution is 6.32. The minimum absolute atomic E-state index is 0.154. The van der Waals surface area contributed by atoms with Gasteiger partial charge < -0.3 is 15.0 Å². The summed E-state index contributed by atoms with van der Waals surface area (Å²) in [5.41, 5.74) is 3.89. The highest BCUT2D eigenvalue weighted by Crippen LogP contribution is 2.26. The molecule has 168 valence electrons. The van der Waals surface area contributed by atoms with Gasteiger partial charge in [0, 0.05) is 18.1 Å². The second kappa shape index (κ2) is 11.8. The minimum Gasteiger partial charge on any atom is -0.484 e. The van der Waals surface area contributed by atoms with Crippen LogP contribution in [0.25, 0.3) is 0 Å². The quantitative estimate of drug-likeness (QED) is 0.526. The van der Waals surface area contributed by atoms with E-state index in [2.05, 4.69) is 12.2 Å². The van der Waals surface area contributed by atoms with Crippen molar-refractivity contribution in [3.63, 3.8) is 0 Å². The van der Waals surface area contributed by atoms with E-state index in [0.717, 1.165) is 35.1 Å². The number of ether oxygens (including phenoxy) is 1. The van der Waals surface area contributed by atoms with E-state index in [1.807, 2.05) is 57.2 Å². The Kier molecular flexibility index (Phi) is 9.38. The average Bonchev–Trinajstić information content (AvgIpc) is 2.74. The van der Waals surface area contributed by atoms with Crippen LogP contribution in [0, 0.1) is 20.8 Å². The molecule has 0 fully saturated rings. The summed E-state index contributed by atoms with van der Waals surface area (Å²) in [4.78, 5) is 27.3. The monoisotopic (exact) mass is 444 g/mol. The summed E-state index contributed by atoms with van der Waals surface area (Å²) >= 11 is 6.22. The van der Waals surface area contributed by atoms with Gasteiger partial charge in [-0.05, 0) is 62.9 Å². The summed E-state index contributed by atoms with van der Waals surface area (Å²) in [5.74, 6) is 0.180. The van der Waals surface area contributed by atoms with Crippen molar-refractivity contribution in [2.45, 2.75) is 60.0 Å². The average molecular weight is 445 g/mol. The molecular weight excluding hydrogens is 412 g/mol. The Labute approximate surface area is 190 Å². The van der Waals surface area contributed by atoms with E-state index in [4.69, 9.17) is 16.3 Å². The number of amides is 2. The molecule has 0 heterocycles. The summed E-state index contributed by atoms with van der Waals surface area (Å²) in [6.45, 7) is 10.4. The summed E-state index contributed by atoms with van der Waals surface area (Å²) in [6.07, 6.45) is 1.90. The van der Waals surface area contributed by atoms with E-state index in [1.54, 1.807) is 11.8 Å². The molecule has 2 aromatic carbocycles. The number of aryl methyl sites for hydroxylation is 3. The van der Waals surface area contributed by atoms with E-state index >= 15 is 0 Å². The van der Waals surface area contributed by atoms with Crippen molar-refractivity contribution in [2.24, 2.45) is 0 Å². The van der Waals surface area contributed by atoms with Crippen LogP contribution in [0.5, 0.6) is 5.75 Å². The molecule has 0 spiro atoms. The second-order valence-electron chi connectivity index (χ2n) is 7.99. The van der Waals surface area contributed by atoms with E-state index in [1.165, 1.54) is 0 Å². The Morgan fingerprint density at radius 1 is 1.10 bits per heavy atom. The smallest absolute Gasteiger partial charge is 0.261 e. The van der Waals surface area contributed by atoms with Crippen molar-refractivity contribution in [3.05, 3.63) is 63.7 Å². The molecule has 1 unspecified atom stereocenters. The number of rotatable bonds is 10. The largest absolute Gasteiger partial charge is 0.484 e. The van der Waals surface area contributed by atoms with Crippen molar-refractivity contribution in [3.8, 4) is 5.75 Å². The lowest BCUT2D eigenvalue weighted by Gasteiger charge is -2.29. The van der Waals surface area contributed by atoms with Gasteiger partial charge in [0.05, 0.1) is 0 Å². The lowest BCUT2D eigenvalue weighted by molar-refractivity contribution is -0.142. The number of nitrogens with zero attached hydrogens (tertiary/aromatic N) is 1. The predicted octanol–water partition coefficient (Wildman–Crippen LogP) is 4.98. The lowest BCUT2D eigenvalue weighted by atomic mass is 10.1. The molecule has 0 saturated heterocycles. The van der Waals surface area contributed by atoms with Crippen LogP contribution >= 0.6 is 11.6 Å². The Hall–Kier alpha value is -2.53. The number of halogens is 1. The number of carbonyl (C=O) groups excluding carboxylic acids is 2. The maximum Gasteiger partial charge on any atom is 0.261 e. The zero-order valence-corrected chi connectivity index (χ0v) is 19.9. The molecule has 31 heavy (non-hydrogen) atoms. The molecule has 0 aliphatic heterocycles. The lowest BCUT2D eigenvalue weighted by Crippen LogP contribution is -2.49. The van der Waals surface area contributed by atoms with Crippen LogP contribution in [-0.4, -0.2) is 35.9 Å². The van der Waals surface area contributed by atoms with E-state index < -0.39 is 6.04 Å². The van der Waals surface area contributed by atoms with Crippen molar-refractivity contribution >= 4 is 23.4 Å². The number of nitrogens with one attached hydrogen (secondary N) is 1. The van der Waals surface area contributed by atoms with Gasteiger partial charge in [0.2, 0.25) is 5.91 Å².